The van der Waals surface area contributed by atoms with Gasteiger partial charge in [0.15, 0.2) is 11.5 Å². The molecule has 11 heteroatoms. The molecule has 0 saturated heterocycles. The predicted molar refractivity (Wildman–Crippen MR) is 123 cm³/mol. The number of benzene rings is 2. The predicted octanol–water partition coefficient (Wildman–Crippen LogP) is 4.95. The number of aromatic hydroxyl groups is 1. The van der Waals surface area contributed by atoms with E-state index in [1.165, 1.54) is 6.08 Å². The molecule has 0 fully saturated rings. The van der Waals surface area contributed by atoms with Crippen LogP contribution in [0.1, 0.15) is 23.9 Å². The van der Waals surface area contributed by atoms with Crippen LogP contribution in [0.25, 0.3) is 12.2 Å². The molecule has 3 rings (SSSR count). The Bertz CT molecular complexity index is 1240. The van der Waals surface area contributed by atoms with Gasteiger partial charge in [0.05, 0.1) is 16.0 Å². The van der Waals surface area contributed by atoms with Crippen LogP contribution in [0.4, 0.5) is 5.69 Å². The lowest BCUT2D eigenvalue weighted by Crippen LogP contribution is -2.14. The summed E-state index contributed by atoms with van der Waals surface area (Å²) in [6.07, 6.45) is 2.99. The number of hydrogen-bond donors (Lipinski definition) is 2. The van der Waals surface area contributed by atoms with Crippen LogP contribution in [-0.2, 0) is 6.61 Å². The van der Waals surface area contributed by atoms with Crippen molar-refractivity contribution in [2.45, 2.75) is 13.5 Å². The number of ether oxygens (including phenoxy) is 2. The number of hydrogen-bond acceptors (Lipinski definition) is 7. The van der Waals surface area contributed by atoms with Crippen molar-refractivity contribution in [2.75, 3.05) is 6.61 Å². The van der Waals surface area contributed by atoms with Gasteiger partial charge in [-0.25, -0.2) is 0 Å². The zero-order valence-corrected chi connectivity index (χ0v) is 19.0. The van der Waals surface area contributed by atoms with Crippen LogP contribution in [-0.4, -0.2) is 26.6 Å². The van der Waals surface area contributed by atoms with Gasteiger partial charge in [0, 0.05) is 10.6 Å². The Hall–Kier alpha value is -3.37. The van der Waals surface area contributed by atoms with E-state index in [0.717, 1.165) is 5.56 Å². The Morgan fingerprint density at radius 2 is 2.03 bits per heavy atom. The van der Waals surface area contributed by atoms with Crippen molar-refractivity contribution in [1.29, 1.82) is 0 Å². The van der Waals surface area contributed by atoms with Crippen molar-refractivity contribution < 1.29 is 19.5 Å². The molecule has 0 radical (unpaired) electrons. The molecule has 32 heavy (non-hydrogen) atoms. The van der Waals surface area contributed by atoms with E-state index in [-0.39, 0.29) is 12.4 Å². The van der Waals surface area contributed by atoms with E-state index in [2.05, 4.69) is 25.9 Å². The summed E-state index contributed by atoms with van der Waals surface area (Å²) in [4.78, 5) is 27.4. The number of aromatic amines is 1. The summed E-state index contributed by atoms with van der Waals surface area (Å²) in [5.74, 6) is -0.0471. The monoisotopic (exact) mass is 521 g/mol. The average molecular weight is 523 g/mol. The lowest BCUT2D eigenvalue weighted by Gasteiger charge is -2.15. The van der Waals surface area contributed by atoms with Gasteiger partial charge in [0.2, 0.25) is 0 Å². The number of H-pyrrole nitrogens is 1. The topological polar surface area (TPSA) is 128 Å². The lowest BCUT2D eigenvalue weighted by molar-refractivity contribution is -0.387. The number of nitro groups is 1. The maximum absolute atomic E-state index is 11.8. The van der Waals surface area contributed by atoms with E-state index in [9.17, 15) is 20.0 Å². The van der Waals surface area contributed by atoms with Crippen LogP contribution in [0.15, 0.2) is 45.7 Å². The maximum atomic E-state index is 11.8. The second kappa shape index (κ2) is 10.3. The molecule has 2 aromatic carbocycles. The van der Waals surface area contributed by atoms with Gasteiger partial charge in [-0.3, -0.25) is 14.9 Å². The smallest absolute Gasteiger partial charge is 0.395 e. The fourth-order valence-electron chi connectivity index (χ4n) is 2.74. The highest BCUT2D eigenvalue weighted by Gasteiger charge is 2.21. The van der Waals surface area contributed by atoms with Crippen LogP contribution in [0.5, 0.6) is 17.4 Å². The molecule has 1 heterocycles. The summed E-state index contributed by atoms with van der Waals surface area (Å²) in [6, 6.07) is 10.8. The standard InChI is InChI=1S/C21H17BrClN3O6/c1-2-31-16-10-12(7-8-17-24-20(27)18(26(29)30)21(28)25-17)9-14(22)19(16)32-11-13-5-3-4-6-15(13)23/h3-10H,2,11H2,1H3,(H2,24,25,27,28)/b8-7-. The zero-order valence-electron chi connectivity index (χ0n) is 16.7. The molecule has 166 valence electrons. The first-order chi connectivity index (χ1) is 15.3. The molecule has 9 nitrogen and oxygen atoms in total. The summed E-state index contributed by atoms with van der Waals surface area (Å²) in [5.41, 5.74) is -0.586. The number of rotatable bonds is 8. The van der Waals surface area contributed by atoms with E-state index < -0.39 is 22.0 Å². The van der Waals surface area contributed by atoms with Gasteiger partial charge in [-0.2, -0.15) is 4.98 Å². The van der Waals surface area contributed by atoms with Gasteiger partial charge in [-0.15, -0.1) is 0 Å². The van der Waals surface area contributed by atoms with Gasteiger partial charge in [-0.05, 0) is 52.7 Å². The molecule has 2 N–H and O–H groups in total. The molecule has 0 saturated carbocycles. The van der Waals surface area contributed by atoms with E-state index in [0.29, 0.717) is 33.2 Å². The van der Waals surface area contributed by atoms with Gasteiger partial charge in [0.1, 0.15) is 12.4 Å². The van der Waals surface area contributed by atoms with Gasteiger partial charge in [-0.1, -0.05) is 35.9 Å². The van der Waals surface area contributed by atoms with Crippen molar-refractivity contribution in [3.63, 3.8) is 0 Å². The van der Waals surface area contributed by atoms with Crippen molar-refractivity contribution in [3.05, 3.63) is 83.3 Å². The van der Waals surface area contributed by atoms with Gasteiger partial charge in [0.25, 0.3) is 5.88 Å². The summed E-state index contributed by atoms with van der Waals surface area (Å²) < 4.78 is 12.2. The maximum Gasteiger partial charge on any atom is 0.395 e. The Morgan fingerprint density at radius 3 is 2.69 bits per heavy atom. The van der Waals surface area contributed by atoms with Crippen LogP contribution in [0, 0.1) is 10.1 Å². The lowest BCUT2D eigenvalue weighted by atomic mass is 10.2. The van der Waals surface area contributed by atoms with Crippen molar-refractivity contribution in [2.24, 2.45) is 0 Å². The minimum atomic E-state index is -1.05. The van der Waals surface area contributed by atoms with Gasteiger partial charge < -0.3 is 19.6 Å². The second-order valence-electron chi connectivity index (χ2n) is 6.36. The third kappa shape index (κ3) is 5.45. The minimum absolute atomic E-state index is 0.0498. The largest absolute Gasteiger partial charge is 0.490 e. The molecule has 0 aliphatic carbocycles. The minimum Gasteiger partial charge on any atom is -0.490 e. The van der Waals surface area contributed by atoms with Gasteiger partial charge >= 0.3 is 11.2 Å². The van der Waals surface area contributed by atoms with E-state index >= 15 is 0 Å². The van der Waals surface area contributed by atoms with E-state index in [1.807, 2.05) is 25.1 Å². The van der Waals surface area contributed by atoms with Crippen molar-refractivity contribution >= 4 is 45.4 Å². The van der Waals surface area contributed by atoms with Crippen LogP contribution >= 0.6 is 27.5 Å². The molecule has 0 amide bonds. The highest BCUT2D eigenvalue weighted by molar-refractivity contribution is 9.10. The van der Waals surface area contributed by atoms with E-state index in [1.54, 1.807) is 24.3 Å². The Labute approximate surface area is 195 Å². The fourth-order valence-corrected chi connectivity index (χ4v) is 3.51. The normalized spacial score (nSPS) is 11.0. The molecular weight excluding hydrogens is 506 g/mol. The zero-order chi connectivity index (χ0) is 23.3. The Kier molecular flexibility index (Phi) is 7.49. The quantitative estimate of drug-likeness (QED) is 0.316. The third-order valence-electron chi connectivity index (χ3n) is 4.17. The Morgan fingerprint density at radius 1 is 1.28 bits per heavy atom. The Balaban J connectivity index is 1.88. The molecule has 0 aliphatic heterocycles. The third-order valence-corrected chi connectivity index (χ3v) is 5.13. The van der Waals surface area contributed by atoms with E-state index in [4.69, 9.17) is 21.1 Å². The number of halogens is 2. The van der Waals surface area contributed by atoms with Crippen LogP contribution in [0.3, 0.4) is 0 Å². The summed E-state index contributed by atoms with van der Waals surface area (Å²) in [7, 11) is 0. The van der Waals surface area contributed by atoms with Crippen molar-refractivity contribution in [1.82, 2.24) is 9.97 Å². The molecular formula is C21H17BrClN3O6. The average Bonchev–Trinajstić information content (AvgIpc) is 2.72. The number of nitrogens with one attached hydrogen (secondary N) is 1. The summed E-state index contributed by atoms with van der Waals surface area (Å²) in [5, 5.41) is 21.0. The second-order valence-corrected chi connectivity index (χ2v) is 7.62. The van der Waals surface area contributed by atoms with Crippen molar-refractivity contribution in [3.8, 4) is 17.4 Å². The molecule has 0 atom stereocenters. The molecule has 0 unspecified atom stereocenters. The van der Waals surface area contributed by atoms with Crippen LogP contribution in [0.2, 0.25) is 5.02 Å². The molecule has 3 aromatic rings. The SMILES string of the molecule is CCOc1cc(/C=C\c2nc(O)c([N+](=O)[O-])c(=O)[nH]2)cc(Br)c1OCc1ccccc1Cl. The summed E-state index contributed by atoms with van der Waals surface area (Å²) in [6.45, 7) is 2.47. The fraction of sp³-hybridized carbons (Fsp3) is 0.143. The first kappa shape index (κ1) is 23.3. The molecule has 1 aromatic heterocycles. The highest BCUT2D eigenvalue weighted by Crippen LogP contribution is 2.38. The molecule has 0 bridgehead atoms. The molecule has 0 spiro atoms. The first-order valence-electron chi connectivity index (χ1n) is 9.28. The number of nitrogens with zero attached hydrogens (tertiary/aromatic N) is 2. The first-order valence-corrected chi connectivity index (χ1v) is 10.5. The highest BCUT2D eigenvalue weighted by atomic mass is 79.9. The molecule has 0 aliphatic rings. The summed E-state index contributed by atoms with van der Waals surface area (Å²) >= 11 is 9.66. The number of aromatic nitrogens is 2. The van der Waals surface area contributed by atoms with Crippen LogP contribution < -0.4 is 15.0 Å².